The molecule has 18 heavy (non-hydrogen) atoms. The molecule has 1 fully saturated rings. The second-order valence-electron chi connectivity index (χ2n) is 4.10. The maximum Gasteiger partial charge on any atom is 0.322 e. The Morgan fingerprint density at radius 2 is 2.17 bits per heavy atom. The van der Waals surface area contributed by atoms with Crippen molar-refractivity contribution in [3.05, 3.63) is 29.6 Å². The van der Waals surface area contributed by atoms with Gasteiger partial charge in [-0.3, -0.25) is 4.79 Å². The number of carboxylic acids is 1. The van der Waals surface area contributed by atoms with Crippen molar-refractivity contribution in [3.8, 4) is 5.75 Å². The number of hydrogen-bond acceptors (Lipinski definition) is 4. The van der Waals surface area contributed by atoms with Crippen LogP contribution < -0.4 is 15.4 Å². The van der Waals surface area contributed by atoms with Crippen molar-refractivity contribution < 1.29 is 19.0 Å². The fourth-order valence-electron chi connectivity index (χ4n) is 2.11. The van der Waals surface area contributed by atoms with Crippen molar-refractivity contribution in [2.45, 2.75) is 12.1 Å². The first-order chi connectivity index (χ1) is 8.63. The molecule has 0 amide bonds. The standard InChI is InChI=1S/C12H15FN2O3/c1-18-9-3-2-7(6-8(9)13)10-11(12(16)17)15-5-4-14-10/h2-3,6,10-11,14-15H,4-5H2,1H3,(H,16,17). The molecule has 5 nitrogen and oxygen atoms in total. The van der Waals surface area contributed by atoms with Gasteiger partial charge in [0.2, 0.25) is 0 Å². The molecule has 0 bridgehead atoms. The van der Waals surface area contributed by atoms with Gasteiger partial charge in [0.1, 0.15) is 6.04 Å². The minimum atomic E-state index is -0.955. The molecule has 1 aliphatic rings. The molecule has 2 rings (SSSR count). The first-order valence-corrected chi connectivity index (χ1v) is 5.66. The molecule has 0 aliphatic carbocycles. The predicted molar refractivity (Wildman–Crippen MR) is 63.1 cm³/mol. The maximum absolute atomic E-state index is 13.6. The van der Waals surface area contributed by atoms with E-state index in [-0.39, 0.29) is 5.75 Å². The van der Waals surface area contributed by atoms with E-state index in [1.807, 2.05) is 0 Å². The first-order valence-electron chi connectivity index (χ1n) is 5.66. The molecular formula is C12H15FN2O3. The molecule has 3 N–H and O–H groups in total. The Morgan fingerprint density at radius 1 is 1.44 bits per heavy atom. The van der Waals surface area contributed by atoms with E-state index >= 15 is 0 Å². The lowest BCUT2D eigenvalue weighted by molar-refractivity contribution is -0.140. The zero-order valence-electron chi connectivity index (χ0n) is 9.94. The summed E-state index contributed by atoms with van der Waals surface area (Å²) in [5.74, 6) is -1.30. The first kappa shape index (κ1) is 12.8. The number of nitrogens with one attached hydrogen (secondary N) is 2. The number of ether oxygens (including phenoxy) is 1. The van der Waals surface area contributed by atoms with Crippen LogP contribution in [0, 0.1) is 5.82 Å². The van der Waals surface area contributed by atoms with Crippen molar-refractivity contribution in [1.82, 2.24) is 10.6 Å². The van der Waals surface area contributed by atoms with E-state index in [1.165, 1.54) is 19.2 Å². The van der Waals surface area contributed by atoms with Gasteiger partial charge in [-0.15, -0.1) is 0 Å². The van der Waals surface area contributed by atoms with Gasteiger partial charge in [0.15, 0.2) is 11.6 Å². The third-order valence-corrected chi connectivity index (χ3v) is 2.99. The Morgan fingerprint density at radius 3 is 2.78 bits per heavy atom. The molecule has 0 radical (unpaired) electrons. The maximum atomic E-state index is 13.6. The van der Waals surface area contributed by atoms with Gasteiger partial charge >= 0.3 is 5.97 Å². The van der Waals surface area contributed by atoms with Crippen molar-refractivity contribution in [3.63, 3.8) is 0 Å². The van der Waals surface area contributed by atoms with E-state index in [0.29, 0.717) is 18.7 Å². The largest absolute Gasteiger partial charge is 0.494 e. The van der Waals surface area contributed by atoms with Gasteiger partial charge in [-0.05, 0) is 17.7 Å². The lowest BCUT2D eigenvalue weighted by Gasteiger charge is -2.31. The zero-order valence-corrected chi connectivity index (χ0v) is 9.94. The van der Waals surface area contributed by atoms with E-state index in [0.717, 1.165) is 0 Å². The molecule has 2 unspecified atom stereocenters. The average Bonchev–Trinajstić information content (AvgIpc) is 2.38. The van der Waals surface area contributed by atoms with Crippen LogP contribution in [0.2, 0.25) is 0 Å². The Bertz CT molecular complexity index is 453. The normalized spacial score (nSPS) is 23.7. The van der Waals surface area contributed by atoms with Crippen molar-refractivity contribution in [2.75, 3.05) is 20.2 Å². The highest BCUT2D eigenvalue weighted by Crippen LogP contribution is 2.24. The van der Waals surface area contributed by atoms with Gasteiger partial charge in [-0.25, -0.2) is 4.39 Å². The summed E-state index contributed by atoms with van der Waals surface area (Å²) in [4.78, 5) is 11.1. The molecule has 1 heterocycles. The van der Waals surface area contributed by atoms with Gasteiger partial charge in [0.05, 0.1) is 13.2 Å². The second kappa shape index (κ2) is 5.32. The minimum Gasteiger partial charge on any atom is -0.494 e. The number of piperazine rings is 1. The van der Waals surface area contributed by atoms with E-state index < -0.39 is 23.9 Å². The summed E-state index contributed by atoms with van der Waals surface area (Å²) < 4.78 is 18.4. The van der Waals surface area contributed by atoms with Crippen LogP contribution in [-0.4, -0.2) is 37.3 Å². The smallest absolute Gasteiger partial charge is 0.322 e. The summed E-state index contributed by atoms with van der Waals surface area (Å²) in [6, 6.07) is 3.27. The Labute approximate surface area is 104 Å². The number of carbonyl (C=O) groups is 1. The SMILES string of the molecule is COc1ccc(C2NCCNC2C(=O)O)cc1F. The highest BCUT2D eigenvalue weighted by atomic mass is 19.1. The predicted octanol–water partition coefficient (Wildman–Crippen LogP) is 0.521. The molecule has 1 saturated heterocycles. The van der Waals surface area contributed by atoms with Crippen molar-refractivity contribution in [2.24, 2.45) is 0 Å². The average molecular weight is 254 g/mol. The highest BCUT2D eigenvalue weighted by molar-refractivity contribution is 5.75. The molecule has 0 saturated carbocycles. The summed E-state index contributed by atoms with van der Waals surface area (Å²) in [6.07, 6.45) is 0. The Hall–Kier alpha value is -1.66. The Balaban J connectivity index is 2.28. The fraction of sp³-hybridized carbons (Fsp3) is 0.417. The number of methoxy groups -OCH3 is 1. The second-order valence-corrected chi connectivity index (χ2v) is 4.10. The monoisotopic (exact) mass is 254 g/mol. The van der Waals surface area contributed by atoms with Crippen LogP contribution in [0.3, 0.4) is 0 Å². The lowest BCUT2D eigenvalue weighted by atomic mass is 9.97. The lowest BCUT2D eigenvalue weighted by Crippen LogP contribution is -2.54. The van der Waals surface area contributed by atoms with Gasteiger partial charge in [0, 0.05) is 13.1 Å². The summed E-state index contributed by atoms with van der Waals surface area (Å²) >= 11 is 0. The third-order valence-electron chi connectivity index (χ3n) is 2.99. The summed E-state index contributed by atoms with van der Waals surface area (Å²) in [5, 5.41) is 15.1. The summed E-state index contributed by atoms with van der Waals surface area (Å²) in [5.41, 5.74) is 0.591. The number of hydrogen-bond donors (Lipinski definition) is 3. The molecule has 1 aromatic rings. The topological polar surface area (TPSA) is 70.6 Å². The molecule has 1 aliphatic heterocycles. The van der Waals surface area contributed by atoms with E-state index in [1.54, 1.807) is 6.07 Å². The van der Waals surface area contributed by atoms with E-state index in [2.05, 4.69) is 10.6 Å². The number of carboxylic acid groups (broad SMARTS) is 1. The van der Waals surface area contributed by atoms with E-state index in [4.69, 9.17) is 9.84 Å². The van der Waals surface area contributed by atoms with Crippen LogP contribution >= 0.6 is 0 Å². The van der Waals surface area contributed by atoms with Crippen molar-refractivity contribution in [1.29, 1.82) is 0 Å². The molecule has 98 valence electrons. The van der Waals surface area contributed by atoms with Crippen LogP contribution in [0.1, 0.15) is 11.6 Å². The number of halogens is 1. The Kier molecular flexibility index (Phi) is 3.78. The summed E-state index contributed by atoms with van der Waals surface area (Å²) in [7, 11) is 1.39. The van der Waals surface area contributed by atoms with Crippen LogP contribution in [-0.2, 0) is 4.79 Å². The van der Waals surface area contributed by atoms with Crippen LogP contribution in [0.25, 0.3) is 0 Å². The molecule has 1 aromatic carbocycles. The van der Waals surface area contributed by atoms with Crippen molar-refractivity contribution >= 4 is 5.97 Å². The fourth-order valence-corrected chi connectivity index (χ4v) is 2.11. The molecule has 0 aromatic heterocycles. The minimum absolute atomic E-state index is 0.148. The van der Waals surface area contributed by atoms with E-state index in [9.17, 15) is 9.18 Å². The van der Waals surface area contributed by atoms with Gasteiger partial charge < -0.3 is 20.5 Å². The highest BCUT2D eigenvalue weighted by Gasteiger charge is 2.31. The van der Waals surface area contributed by atoms with Gasteiger partial charge in [0.25, 0.3) is 0 Å². The van der Waals surface area contributed by atoms with Crippen LogP contribution in [0.15, 0.2) is 18.2 Å². The molecule has 6 heteroatoms. The molecule has 2 atom stereocenters. The summed E-state index contributed by atoms with van der Waals surface area (Å²) in [6.45, 7) is 1.22. The molecular weight excluding hydrogens is 239 g/mol. The quantitative estimate of drug-likeness (QED) is 0.733. The van der Waals surface area contributed by atoms with Gasteiger partial charge in [-0.2, -0.15) is 0 Å². The third kappa shape index (κ3) is 2.44. The molecule has 0 spiro atoms. The number of rotatable bonds is 3. The van der Waals surface area contributed by atoms with Crippen LogP contribution in [0.4, 0.5) is 4.39 Å². The zero-order chi connectivity index (χ0) is 13.1. The van der Waals surface area contributed by atoms with Gasteiger partial charge in [-0.1, -0.05) is 6.07 Å². The number of benzene rings is 1. The van der Waals surface area contributed by atoms with Crippen LogP contribution in [0.5, 0.6) is 5.75 Å². The number of aliphatic carboxylic acids is 1.